The average Bonchev–Trinajstić information content (AvgIpc) is 2.30. The van der Waals surface area contributed by atoms with Gasteiger partial charge in [0.05, 0.1) is 12.5 Å². The Bertz CT molecular complexity index is 362. The zero-order valence-corrected chi connectivity index (χ0v) is 10.2. The lowest BCUT2D eigenvalue weighted by molar-refractivity contribution is -0.138. The zero-order chi connectivity index (χ0) is 12.7. The van der Waals surface area contributed by atoms with Gasteiger partial charge in [-0.25, -0.2) is 0 Å². The molecule has 0 radical (unpaired) electrons. The molecule has 4 nitrogen and oxygen atoms in total. The summed E-state index contributed by atoms with van der Waals surface area (Å²) in [4.78, 5) is 11.0. The first kappa shape index (κ1) is 13.5. The molecule has 94 valence electrons. The number of carboxylic acid groups (broad SMARTS) is 1. The van der Waals surface area contributed by atoms with Crippen LogP contribution in [0.5, 0.6) is 5.75 Å². The van der Waals surface area contributed by atoms with Gasteiger partial charge in [0.1, 0.15) is 12.4 Å². The van der Waals surface area contributed by atoms with Gasteiger partial charge in [-0.05, 0) is 24.1 Å². The summed E-state index contributed by atoms with van der Waals surface area (Å²) in [7, 11) is 1.61. The van der Waals surface area contributed by atoms with Gasteiger partial charge in [0.15, 0.2) is 0 Å². The highest BCUT2D eigenvalue weighted by Gasteiger charge is 2.17. The predicted molar refractivity (Wildman–Crippen MR) is 64.5 cm³/mol. The molecule has 0 heterocycles. The lowest BCUT2D eigenvalue weighted by Crippen LogP contribution is -2.11. The summed E-state index contributed by atoms with van der Waals surface area (Å²) in [5, 5.41) is 9.07. The third-order valence-corrected chi connectivity index (χ3v) is 2.52. The smallest absolute Gasteiger partial charge is 0.310 e. The Hall–Kier alpha value is -1.55. The first-order chi connectivity index (χ1) is 8.19. The zero-order valence-electron chi connectivity index (χ0n) is 10.2. The minimum absolute atomic E-state index is 0.462. The van der Waals surface area contributed by atoms with E-state index in [0.717, 1.165) is 5.56 Å². The SMILES string of the molecule is CCC(C(=O)O)c1cccc(OCCOC)c1. The molecule has 0 bridgehead atoms. The van der Waals surface area contributed by atoms with E-state index in [-0.39, 0.29) is 0 Å². The fraction of sp³-hybridized carbons (Fsp3) is 0.462. The maximum Gasteiger partial charge on any atom is 0.310 e. The van der Waals surface area contributed by atoms with Crippen molar-refractivity contribution < 1.29 is 19.4 Å². The first-order valence-electron chi connectivity index (χ1n) is 5.63. The van der Waals surface area contributed by atoms with Crippen molar-refractivity contribution in [1.29, 1.82) is 0 Å². The van der Waals surface area contributed by atoms with Crippen molar-refractivity contribution >= 4 is 5.97 Å². The molecule has 0 aromatic heterocycles. The van der Waals surface area contributed by atoms with Crippen LogP contribution in [0.2, 0.25) is 0 Å². The lowest BCUT2D eigenvalue weighted by atomic mass is 9.97. The second-order valence-corrected chi connectivity index (χ2v) is 3.71. The highest BCUT2D eigenvalue weighted by atomic mass is 16.5. The van der Waals surface area contributed by atoms with Crippen LogP contribution >= 0.6 is 0 Å². The average molecular weight is 238 g/mol. The molecule has 0 aliphatic carbocycles. The van der Waals surface area contributed by atoms with Gasteiger partial charge in [0.2, 0.25) is 0 Å². The fourth-order valence-corrected chi connectivity index (χ4v) is 1.62. The van der Waals surface area contributed by atoms with E-state index in [9.17, 15) is 4.79 Å². The quantitative estimate of drug-likeness (QED) is 0.740. The number of aliphatic carboxylic acids is 1. The summed E-state index contributed by atoms with van der Waals surface area (Å²) in [5.41, 5.74) is 0.773. The van der Waals surface area contributed by atoms with E-state index in [1.165, 1.54) is 0 Å². The van der Waals surface area contributed by atoms with Gasteiger partial charge in [-0.1, -0.05) is 19.1 Å². The Balaban J connectivity index is 2.73. The molecule has 1 atom stereocenters. The molecule has 4 heteroatoms. The molecule has 1 aromatic rings. The molecule has 1 rings (SSSR count). The van der Waals surface area contributed by atoms with Gasteiger partial charge in [-0.3, -0.25) is 4.79 Å². The molecule has 1 unspecified atom stereocenters. The summed E-state index contributed by atoms with van der Waals surface area (Å²) in [6.45, 7) is 2.83. The van der Waals surface area contributed by atoms with Crippen molar-refractivity contribution in [3.8, 4) is 5.75 Å². The topological polar surface area (TPSA) is 55.8 Å². The number of rotatable bonds is 7. The van der Waals surface area contributed by atoms with Crippen LogP contribution in [0.3, 0.4) is 0 Å². The van der Waals surface area contributed by atoms with Gasteiger partial charge in [0, 0.05) is 7.11 Å². The Labute approximate surface area is 101 Å². The number of carboxylic acids is 1. The standard InChI is InChI=1S/C13H18O4/c1-3-12(13(14)15)10-5-4-6-11(9-10)17-8-7-16-2/h4-6,9,12H,3,7-8H2,1-2H3,(H,14,15). The van der Waals surface area contributed by atoms with E-state index in [0.29, 0.717) is 25.4 Å². The van der Waals surface area contributed by atoms with Crippen molar-refractivity contribution in [3.63, 3.8) is 0 Å². The highest BCUT2D eigenvalue weighted by molar-refractivity contribution is 5.76. The monoisotopic (exact) mass is 238 g/mol. The van der Waals surface area contributed by atoms with Gasteiger partial charge >= 0.3 is 5.97 Å². The van der Waals surface area contributed by atoms with Crippen LogP contribution in [0, 0.1) is 0 Å². The van der Waals surface area contributed by atoms with Crippen LogP contribution in [0.15, 0.2) is 24.3 Å². The van der Waals surface area contributed by atoms with E-state index < -0.39 is 11.9 Å². The number of hydrogen-bond acceptors (Lipinski definition) is 3. The molecule has 0 spiro atoms. The van der Waals surface area contributed by atoms with E-state index in [1.807, 2.05) is 25.1 Å². The molecule has 0 saturated carbocycles. The fourth-order valence-electron chi connectivity index (χ4n) is 1.62. The minimum atomic E-state index is -0.804. The van der Waals surface area contributed by atoms with E-state index in [2.05, 4.69) is 0 Å². The highest BCUT2D eigenvalue weighted by Crippen LogP contribution is 2.23. The van der Waals surface area contributed by atoms with Gasteiger partial charge < -0.3 is 14.6 Å². The van der Waals surface area contributed by atoms with Crippen LogP contribution in [-0.4, -0.2) is 31.4 Å². The molecule has 1 N–H and O–H groups in total. The number of hydrogen-bond donors (Lipinski definition) is 1. The maximum atomic E-state index is 11.0. The number of carbonyl (C=O) groups is 1. The molecule has 0 amide bonds. The van der Waals surface area contributed by atoms with Crippen molar-refractivity contribution in [2.24, 2.45) is 0 Å². The third-order valence-electron chi connectivity index (χ3n) is 2.52. The van der Waals surface area contributed by atoms with Crippen molar-refractivity contribution in [2.75, 3.05) is 20.3 Å². The lowest BCUT2D eigenvalue weighted by Gasteiger charge is -2.12. The molecular formula is C13H18O4. The molecule has 1 aromatic carbocycles. The predicted octanol–water partition coefficient (Wildman–Crippen LogP) is 2.29. The molecule has 0 saturated heterocycles. The summed E-state index contributed by atoms with van der Waals surface area (Å²) in [6, 6.07) is 7.21. The van der Waals surface area contributed by atoms with Crippen LogP contribution in [-0.2, 0) is 9.53 Å². The number of benzene rings is 1. The van der Waals surface area contributed by atoms with Crippen LogP contribution in [0.4, 0.5) is 0 Å². The summed E-state index contributed by atoms with van der Waals surface area (Å²) in [6.07, 6.45) is 0.566. The van der Waals surface area contributed by atoms with Crippen LogP contribution in [0.25, 0.3) is 0 Å². The molecule has 0 aliphatic rings. The molecule has 17 heavy (non-hydrogen) atoms. The van der Waals surface area contributed by atoms with Gasteiger partial charge in [-0.2, -0.15) is 0 Å². The van der Waals surface area contributed by atoms with Crippen molar-refractivity contribution in [1.82, 2.24) is 0 Å². The van der Waals surface area contributed by atoms with Crippen molar-refractivity contribution in [2.45, 2.75) is 19.3 Å². The normalized spacial score (nSPS) is 12.1. The van der Waals surface area contributed by atoms with Crippen LogP contribution < -0.4 is 4.74 Å². The van der Waals surface area contributed by atoms with E-state index in [1.54, 1.807) is 13.2 Å². The number of methoxy groups -OCH3 is 1. The molecular weight excluding hydrogens is 220 g/mol. The molecule has 0 fully saturated rings. The van der Waals surface area contributed by atoms with E-state index in [4.69, 9.17) is 14.6 Å². The Kier molecular flexibility index (Phi) is 5.49. The first-order valence-corrected chi connectivity index (χ1v) is 5.63. The third kappa shape index (κ3) is 4.07. The summed E-state index contributed by atoms with van der Waals surface area (Å²) in [5.74, 6) is -0.596. The Morgan fingerprint density at radius 1 is 1.41 bits per heavy atom. The minimum Gasteiger partial charge on any atom is -0.491 e. The Morgan fingerprint density at radius 2 is 2.18 bits per heavy atom. The van der Waals surface area contributed by atoms with Gasteiger partial charge in [0.25, 0.3) is 0 Å². The number of ether oxygens (including phenoxy) is 2. The largest absolute Gasteiger partial charge is 0.491 e. The summed E-state index contributed by atoms with van der Waals surface area (Å²) < 4.78 is 10.3. The molecule has 0 aliphatic heterocycles. The van der Waals surface area contributed by atoms with E-state index >= 15 is 0 Å². The van der Waals surface area contributed by atoms with Crippen molar-refractivity contribution in [3.05, 3.63) is 29.8 Å². The second-order valence-electron chi connectivity index (χ2n) is 3.71. The van der Waals surface area contributed by atoms with Gasteiger partial charge in [-0.15, -0.1) is 0 Å². The maximum absolute atomic E-state index is 11.0. The van der Waals surface area contributed by atoms with Crippen LogP contribution in [0.1, 0.15) is 24.8 Å². The summed E-state index contributed by atoms with van der Waals surface area (Å²) >= 11 is 0. The Morgan fingerprint density at radius 3 is 2.76 bits per heavy atom. The second kappa shape index (κ2) is 6.91.